The smallest absolute Gasteiger partial charge is 0.309 e. The Balaban J connectivity index is 2.08. The fourth-order valence-corrected chi connectivity index (χ4v) is 0.599. The molecule has 2 unspecified atom stereocenters. The van der Waals surface area contributed by atoms with E-state index in [4.69, 9.17) is 0 Å². The van der Waals surface area contributed by atoms with E-state index in [9.17, 15) is 4.79 Å². The Morgan fingerprint density at radius 2 is 2.43 bits per heavy atom. The van der Waals surface area contributed by atoms with Gasteiger partial charge in [0.2, 0.25) is 0 Å². The molecule has 7 heavy (non-hydrogen) atoms. The predicted octanol–water partition coefficient (Wildman–Crippen LogP) is 0.0516. The predicted molar refractivity (Wildman–Crippen MR) is 26.4 cm³/mol. The first-order valence-corrected chi connectivity index (χ1v) is 2.47. The number of carbonyl (C=O) groups excluding carboxylic acids is 1. The van der Waals surface area contributed by atoms with Crippen LogP contribution >= 0.6 is 0 Å². The van der Waals surface area contributed by atoms with Crippen molar-refractivity contribution in [3.05, 3.63) is 0 Å². The van der Waals surface area contributed by atoms with E-state index in [0.717, 1.165) is 6.42 Å². The number of rotatable bonds is 2. The van der Waals surface area contributed by atoms with Crippen molar-refractivity contribution in [3.8, 4) is 0 Å². The van der Waals surface area contributed by atoms with Crippen LogP contribution in [0.15, 0.2) is 0 Å². The van der Waals surface area contributed by atoms with Gasteiger partial charge in [0.05, 0.1) is 0 Å². The van der Waals surface area contributed by atoms with Gasteiger partial charge in [-0.3, -0.25) is 4.79 Å². The molecule has 1 radical (unpaired) electrons. The maximum Gasteiger partial charge on any atom is 0.309 e. The minimum absolute atomic E-state index is 0.442. The maximum atomic E-state index is 9.56. The molecular formula is C5H8NO. The van der Waals surface area contributed by atoms with Crippen molar-refractivity contribution in [2.75, 3.05) is 0 Å². The van der Waals surface area contributed by atoms with Gasteiger partial charge >= 0.3 is 6.41 Å². The van der Waals surface area contributed by atoms with Crippen LogP contribution < -0.4 is 5.32 Å². The second-order valence-corrected chi connectivity index (χ2v) is 2.07. The molecular weight excluding hydrogens is 90.1 g/mol. The zero-order valence-corrected chi connectivity index (χ0v) is 4.27. The first-order chi connectivity index (χ1) is 3.34. The van der Waals surface area contributed by atoms with Crippen LogP contribution in [0, 0.1) is 5.92 Å². The minimum Gasteiger partial charge on any atom is -0.345 e. The van der Waals surface area contributed by atoms with E-state index in [-0.39, 0.29) is 0 Å². The van der Waals surface area contributed by atoms with Crippen molar-refractivity contribution in [2.24, 2.45) is 5.92 Å². The van der Waals surface area contributed by atoms with Gasteiger partial charge in [0.25, 0.3) is 0 Å². The van der Waals surface area contributed by atoms with Crippen molar-refractivity contribution in [1.82, 2.24) is 5.32 Å². The summed E-state index contributed by atoms with van der Waals surface area (Å²) < 4.78 is 0. The van der Waals surface area contributed by atoms with Crippen molar-refractivity contribution in [1.29, 1.82) is 0 Å². The second kappa shape index (κ2) is 1.52. The van der Waals surface area contributed by atoms with Crippen LogP contribution in [-0.4, -0.2) is 12.5 Å². The zero-order valence-electron chi connectivity index (χ0n) is 4.27. The highest BCUT2D eigenvalue weighted by atomic mass is 16.1. The van der Waals surface area contributed by atoms with Crippen LogP contribution in [0.3, 0.4) is 0 Å². The summed E-state index contributed by atoms with van der Waals surface area (Å²) in [6.07, 6.45) is 2.79. The largest absolute Gasteiger partial charge is 0.345 e. The van der Waals surface area contributed by atoms with Gasteiger partial charge in [0.1, 0.15) is 0 Å². The first kappa shape index (κ1) is 4.62. The molecule has 1 fully saturated rings. The lowest BCUT2D eigenvalue weighted by Gasteiger charge is -1.85. The van der Waals surface area contributed by atoms with Gasteiger partial charge in [0.15, 0.2) is 0 Å². The topological polar surface area (TPSA) is 29.1 Å². The van der Waals surface area contributed by atoms with Gasteiger partial charge in [-0.1, -0.05) is 6.92 Å². The van der Waals surface area contributed by atoms with Gasteiger partial charge in [-0.05, 0) is 12.3 Å². The van der Waals surface area contributed by atoms with Gasteiger partial charge in [-0.15, -0.1) is 0 Å². The third-order valence-corrected chi connectivity index (χ3v) is 1.35. The molecule has 1 aliphatic rings. The highest BCUT2D eigenvalue weighted by Crippen LogP contribution is 2.28. The normalized spacial score (nSPS) is 37.3. The molecule has 0 bridgehead atoms. The summed E-state index contributed by atoms with van der Waals surface area (Å²) in [6, 6.07) is 0.442. The molecule has 0 saturated heterocycles. The Bertz CT molecular complexity index is 82.1. The summed E-state index contributed by atoms with van der Waals surface area (Å²) in [4.78, 5) is 9.56. The molecule has 0 spiro atoms. The molecule has 0 heterocycles. The summed E-state index contributed by atoms with van der Waals surface area (Å²) in [6.45, 7) is 2.11. The van der Waals surface area contributed by atoms with Crippen molar-refractivity contribution >= 4 is 6.41 Å². The molecule has 0 aromatic carbocycles. The zero-order chi connectivity index (χ0) is 5.28. The SMILES string of the molecule is CC1CC1N[C]=O. The highest BCUT2D eigenvalue weighted by molar-refractivity contribution is 5.48. The molecule has 1 aliphatic carbocycles. The van der Waals surface area contributed by atoms with Crippen LogP contribution in [-0.2, 0) is 4.79 Å². The van der Waals surface area contributed by atoms with E-state index < -0.39 is 0 Å². The fraction of sp³-hybridized carbons (Fsp3) is 0.800. The number of nitrogens with one attached hydrogen (secondary N) is 1. The van der Waals surface area contributed by atoms with E-state index in [2.05, 4.69) is 12.2 Å². The average molecular weight is 98.1 g/mol. The molecule has 0 aromatic heterocycles. The molecule has 1 rings (SSSR count). The van der Waals surface area contributed by atoms with Crippen molar-refractivity contribution in [2.45, 2.75) is 19.4 Å². The molecule has 0 aromatic rings. The lowest BCUT2D eigenvalue weighted by atomic mass is 10.5. The number of hydrogen-bond donors (Lipinski definition) is 1. The number of hydrogen-bond acceptors (Lipinski definition) is 1. The van der Waals surface area contributed by atoms with Crippen LogP contribution in [0.25, 0.3) is 0 Å². The Hall–Kier alpha value is -0.530. The summed E-state index contributed by atoms with van der Waals surface area (Å²) >= 11 is 0. The van der Waals surface area contributed by atoms with Gasteiger partial charge in [-0.2, -0.15) is 0 Å². The molecule has 2 atom stereocenters. The molecule has 0 aliphatic heterocycles. The summed E-state index contributed by atoms with van der Waals surface area (Å²) in [5.74, 6) is 0.696. The van der Waals surface area contributed by atoms with E-state index >= 15 is 0 Å². The summed E-state index contributed by atoms with van der Waals surface area (Å²) in [5, 5.41) is 2.56. The van der Waals surface area contributed by atoms with E-state index in [1.807, 2.05) is 0 Å². The first-order valence-electron chi connectivity index (χ1n) is 2.47. The third-order valence-electron chi connectivity index (χ3n) is 1.35. The van der Waals surface area contributed by atoms with E-state index in [1.165, 1.54) is 0 Å². The van der Waals surface area contributed by atoms with Crippen LogP contribution in [0.5, 0.6) is 0 Å². The maximum absolute atomic E-state index is 9.56. The van der Waals surface area contributed by atoms with E-state index in [0.29, 0.717) is 12.0 Å². The van der Waals surface area contributed by atoms with Crippen LogP contribution in [0.1, 0.15) is 13.3 Å². The van der Waals surface area contributed by atoms with Gasteiger partial charge in [0, 0.05) is 6.04 Å². The summed E-state index contributed by atoms with van der Waals surface area (Å²) in [5.41, 5.74) is 0. The van der Waals surface area contributed by atoms with Gasteiger partial charge in [-0.25, -0.2) is 0 Å². The van der Waals surface area contributed by atoms with Crippen molar-refractivity contribution < 1.29 is 4.79 Å². The fourth-order valence-electron chi connectivity index (χ4n) is 0.599. The van der Waals surface area contributed by atoms with Crippen LogP contribution in [0.2, 0.25) is 0 Å². The van der Waals surface area contributed by atoms with E-state index in [1.54, 1.807) is 6.41 Å². The van der Waals surface area contributed by atoms with Crippen LogP contribution in [0.4, 0.5) is 0 Å². The Labute approximate surface area is 42.9 Å². The molecule has 1 N–H and O–H groups in total. The molecule has 39 valence electrons. The number of amides is 1. The van der Waals surface area contributed by atoms with Gasteiger partial charge < -0.3 is 5.32 Å². The Morgan fingerprint density at radius 1 is 1.86 bits per heavy atom. The third kappa shape index (κ3) is 0.918. The molecule has 1 saturated carbocycles. The monoisotopic (exact) mass is 98.1 g/mol. The minimum atomic E-state index is 0.442. The highest BCUT2D eigenvalue weighted by Gasteiger charge is 2.31. The quantitative estimate of drug-likeness (QED) is 0.486. The Kier molecular flexibility index (Phi) is 1.01. The molecule has 2 heteroatoms. The lowest BCUT2D eigenvalue weighted by Crippen LogP contribution is -2.14. The summed E-state index contributed by atoms with van der Waals surface area (Å²) in [7, 11) is 0. The lowest BCUT2D eigenvalue weighted by molar-refractivity contribution is 0.539. The molecule has 1 amide bonds. The average Bonchev–Trinajstić information content (AvgIpc) is 2.22. The Morgan fingerprint density at radius 3 is 2.57 bits per heavy atom. The standard InChI is InChI=1S/C5H8NO/c1-4-2-5(4)6-3-7/h4-5H,2H2,1H3,(H,6,7). The van der Waals surface area contributed by atoms with Crippen molar-refractivity contribution in [3.63, 3.8) is 0 Å². The molecule has 2 nitrogen and oxygen atoms in total. The second-order valence-electron chi connectivity index (χ2n) is 2.07.